The zero-order valence-corrected chi connectivity index (χ0v) is 25.4. The summed E-state index contributed by atoms with van der Waals surface area (Å²) in [4.78, 5) is 0. The second kappa shape index (κ2) is 11.5. The molecular formula is C22H23ClI4O2. The molecule has 0 N–H and O–H groups in total. The van der Waals surface area contributed by atoms with E-state index in [9.17, 15) is 0 Å². The van der Waals surface area contributed by atoms with Crippen molar-refractivity contribution in [3.05, 3.63) is 64.2 Å². The van der Waals surface area contributed by atoms with E-state index in [0.29, 0.717) is 16.6 Å². The molecule has 1 saturated heterocycles. The van der Waals surface area contributed by atoms with E-state index in [1.54, 1.807) is 0 Å². The zero-order valence-electron chi connectivity index (χ0n) is 16.0. The van der Waals surface area contributed by atoms with Crippen LogP contribution in [0.5, 0.6) is 5.75 Å². The smallest absolute Gasteiger partial charge is 0.119 e. The Morgan fingerprint density at radius 1 is 1.17 bits per heavy atom. The Kier molecular flexibility index (Phi) is 9.94. The Labute approximate surface area is 233 Å². The van der Waals surface area contributed by atoms with Gasteiger partial charge in [0.2, 0.25) is 0 Å². The first-order valence-electron chi connectivity index (χ1n) is 9.50. The SMILES string of the molecule is CCOc1ccc(Cc2cc(C3OC(CI)CC(I)(CI)C3I)ccc2Cl)cc1. The maximum absolute atomic E-state index is 6.57. The van der Waals surface area contributed by atoms with Gasteiger partial charge in [0, 0.05) is 17.3 Å². The van der Waals surface area contributed by atoms with Crippen molar-refractivity contribution in [3.63, 3.8) is 0 Å². The summed E-state index contributed by atoms with van der Waals surface area (Å²) in [6.45, 7) is 2.68. The van der Waals surface area contributed by atoms with Gasteiger partial charge < -0.3 is 9.47 Å². The highest BCUT2D eigenvalue weighted by Gasteiger charge is 2.46. The van der Waals surface area contributed by atoms with Crippen molar-refractivity contribution in [2.45, 2.75) is 39.3 Å². The van der Waals surface area contributed by atoms with Crippen molar-refractivity contribution in [1.29, 1.82) is 0 Å². The van der Waals surface area contributed by atoms with E-state index in [1.165, 1.54) is 11.1 Å². The van der Waals surface area contributed by atoms with Gasteiger partial charge in [-0.05, 0) is 54.7 Å². The summed E-state index contributed by atoms with van der Waals surface area (Å²) in [5, 5.41) is 0.809. The molecule has 29 heavy (non-hydrogen) atoms. The summed E-state index contributed by atoms with van der Waals surface area (Å²) in [7, 11) is 0. The number of hydrogen-bond donors (Lipinski definition) is 0. The molecule has 0 bridgehead atoms. The van der Waals surface area contributed by atoms with Crippen molar-refractivity contribution in [2.75, 3.05) is 15.5 Å². The van der Waals surface area contributed by atoms with E-state index in [-0.39, 0.29) is 9.53 Å². The lowest BCUT2D eigenvalue weighted by atomic mass is 9.89. The maximum atomic E-state index is 6.57. The van der Waals surface area contributed by atoms with Crippen molar-refractivity contribution >= 4 is 102 Å². The Bertz CT molecular complexity index is 817. The van der Waals surface area contributed by atoms with Crippen molar-refractivity contribution in [3.8, 4) is 5.75 Å². The molecule has 0 amide bonds. The number of halogens is 5. The third-order valence-corrected chi connectivity index (χ3v) is 13.8. The highest BCUT2D eigenvalue weighted by molar-refractivity contribution is 14.1. The standard InChI is InChI=1S/C22H23ClI4O2/c1-2-28-17-6-3-14(4-7-17)9-16-10-15(5-8-19(16)23)20-21(26)22(27,13-25)11-18(12-24)29-20/h3-8,10,18,20-21H,2,9,11-13H2,1H3. The molecule has 0 radical (unpaired) electrons. The molecule has 0 aromatic heterocycles. The summed E-state index contributed by atoms with van der Waals surface area (Å²) >= 11 is 16.8. The first-order valence-corrected chi connectivity index (χ1v) is 15.3. The van der Waals surface area contributed by atoms with Gasteiger partial charge in [0.15, 0.2) is 0 Å². The fourth-order valence-corrected chi connectivity index (χ4v) is 7.76. The number of ether oxygens (including phenoxy) is 2. The van der Waals surface area contributed by atoms with Crippen LogP contribution < -0.4 is 4.74 Å². The molecule has 0 spiro atoms. The van der Waals surface area contributed by atoms with Gasteiger partial charge in [0.25, 0.3) is 0 Å². The van der Waals surface area contributed by atoms with E-state index in [1.807, 2.05) is 25.1 Å². The molecule has 2 nitrogen and oxygen atoms in total. The lowest BCUT2D eigenvalue weighted by Gasteiger charge is -2.44. The minimum absolute atomic E-state index is 0.0899. The second-order valence-corrected chi connectivity index (χ2v) is 12.8. The molecule has 4 unspecified atom stereocenters. The quantitative estimate of drug-likeness (QED) is 0.208. The van der Waals surface area contributed by atoms with Crippen LogP contribution in [0.2, 0.25) is 5.02 Å². The predicted octanol–water partition coefficient (Wildman–Crippen LogP) is 8.01. The maximum Gasteiger partial charge on any atom is 0.119 e. The van der Waals surface area contributed by atoms with Gasteiger partial charge in [0.1, 0.15) is 5.75 Å². The van der Waals surface area contributed by atoms with Gasteiger partial charge >= 0.3 is 0 Å². The van der Waals surface area contributed by atoms with Crippen molar-refractivity contribution < 1.29 is 9.47 Å². The normalized spacial score (nSPS) is 27.0. The van der Waals surface area contributed by atoms with Crippen LogP contribution in [-0.2, 0) is 11.2 Å². The Balaban J connectivity index is 1.85. The average Bonchev–Trinajstić information content (AvgIpc) is 2.73. The molecule has 4 atom stereocenters. The molecule has 0 aliphatic carbocycles. The fraction of sp³-hybridized carbons (Fsp3) is 0.455. The van der Waals surface area contributed by atoms with Crippen LogP contribution in [0.4, 0.5) is 0 Å². The fourth-order valence-electron chi connectivity index (χ4n) is 3.55. The largest absolute Gasteiger partial charge is 0.494 e. The van der Waals surface area contributed by atoms with Gasteiger partial charge in [0.05, 0.1) is 22.7 Å². The zero-order chi connectivity index (χ0) is 21.0. The summed E-state index contributed by atoms with van der Waals surface area (Å²) < 4.78 is 14.9. The second-order valence-electron chi connectivity index (χ2n) is 7.21. The highest BCUT2D eigenvalue weighted by atomic mass is 127. The molecule has 1 fully saturated rings. The summed E-state index contributed by atoms with van der Waals surface area (Å²) in [6.07, 6.45) is 2.29. The molecule has 2 aromatic rings. The van der Waals surface area contributed by atoms with Crippen LogP contribution in [0.15, 0.2) is 42.5 Å². The minimum atomic E-state index is 0.0899. The lowest BCUT2D eigenvalue weighted by Crippen LogP contribution is -2.48. The monoisotopic (exact) mass is 862 g/mol. The lowest BCUT2D eigenvalue weighted by molar-refractivity contribution is -0.0367. The molecular weight excluding hydrogens is 839 g/mol. The molecule has 1 aliphatic rings. The topological polar surface area (TPSA) is 18.5 Å². The Hall–Kier alpha value is 1.41. The molecule has 0 saturated carbocycles. The van der Waals surface area contributed by atoms with E-state index in [0.717, 1.165) is 38.0 Å². The molecule has 158 valence electrons. The van der Waals surface area contributed by atoms with Crippen molar-refractivity contribution in [2.24, 2.45) is 0 Å². The van der Waals surface area contributed by atoms with Gasteiger partial charge in [-0.15, -0.1) is 0 Å². The van der Waals surface area contributed by atoms with Gasteiger partial charge in [-0.2, -0.15) is 0 Å². The van der Waals surface area contributed by atoms with E-state index in [4.69, 9.17) is 21.1 Å². The van der Waals surface area contributed by atoms with Crippen LogP contribution in [0.25, 0.3) is 0 Å². The van der Waals surface area contributed by atoms with E-state index in [2.05, 4.69) is 115 Å². The van der Waals surface area contributed by atoms with Crippen molar-refractivity contribution in [1.82, 2.24) is 0 Å². The first kappa shape index (κ1) is 25.0. The van der Waals surface area contributed by atoms with Crippen LogP contribution in [-0.4, -0.2) is 28.9 Å². The highest BCUT2D eigenvalue weighted by Crippen LogP contribution is 2.49. The molecule has 7 heteroatoms. The first-order chi connectivity index (χ1) is 13.9. The predicted molar refractivity (Wildman–Crippen MR) is 156 cm³/mol. The van der Waals surface area contributed by atoms with Gasteiger partial charge in [-0.3, -0.25) is 0 Å². The Morgan fingerprint density at radius 3 is 2.52 bits per heavy atom. The number of alkyl halides is 4. The molecule has 1 heterocycles. The third kappa shape index (κ3) is 6.26. The summed E-state index contributed by atoms with van der Waals surface area (Å²) in [5.41, 5.74) is 3.60. The van der Waals surface area contributed by atoms with E-state index >= 15 is 0 Å². The third-order valence-electron chi connectivity index (χ3n) is 5.09. The average molecular weight is 862 g/mol. The number of rotatable bonds is 7. The number of benzene rings is 2. The summed E-state index contributed by atoms with van der Waals surface area (Å²) in [5.74, 6) is 0.904. The van der Waals surface area contributed by atoms with Gasteiger partial charge in [-0.1, -0.05) is 126 Å². The molecule has 3 rings (SSSR count). The minimum Gasteiger partial charge on any atom is -0.494 e. The van der Waals surface area contributed by atoms with E-state index < -0.39 is 0 Å². The van der Waals surface area contributed by atoms with Crippen LogP contribution >= 0.6 is 102 Å². The molecule has 1 aliphatic heterocycles. The van der Waals surface area contributed by atoms with Crippen LogP contribution in [0, 0.1) is 0 Å². The number of hydrogen-bond acceptors (Lipinski definition) is 2. The van der Waals surface area contributed by atoms with Crippen LogP contribution in [0.3, 0.4) is 0 Å². The molecule has 2 aromatic carbocycles. The van der Waals surface area contributed by atoms with Gasteiger partial charge in [-0.25, -0.2) is 0 Å². The van der Waals surface area contributed by atoms with Crippen LogP contribution in [0.1, 0.15) is 36.1 Å². The summed E-state index contributed by atoms with van der Waals surface area (Å²) in [6, 6.07) is 14.7. The Morgan fingerprint density at radius 2 is 1.90 bits per heavy atom.